The lowest BCUT2D eigenvalue weighted by atomic mass is 9.98. The molecule has 4 amide bonds. The van der Waals surface area contributed by atoms with Gasteiger partial charge in [-0.25, -0.2) is 4.79 Å². The van der Waals surface area contributed by atoms with E-state index in [1.807, 2.05) is 31.2 Å². The topological polar surface area (TPSA) is 90.5 Å². The van der Waals surface area contributed by atoms with Crippen molar-refractivity contribution >= 4 is 23.5 Å². The molecule has 2 aromatic rings. The number of aryl methyl sites for hydroxylation is 1. The summed E-state index contributed by atoms with van der Waals surface area (Å²) in [4.78, 5) is 38.7. The molecule has 2 aromatic carbocycles. The number of urea groups is 1. The molecular weight excluding hydrogens is 344 g/mol. The minimum atomic E-state index is -0.693. The Kier molecular flexibility index (Phi) is 5.40. The summed E-state index contributed by atoms with van der Waals surface area (Å²) in [5.41, 5.74) is 2.68. The number of hydrogen-bond donors (Lipinski definition) is 3. The van der Waals surface area contributed by atoms with Gasteiger partial charge in [-0.2, -0.15) is 0 Å². The zero-order valence-corrected chi connectivity index (χ0v) is 15.3. The van der Waals surface area contributed by atoms with E-state index in [2.05, 4.69) is 16.0 Å². The Morgan fingerprint density at radius 3 is 2.67 bits per heavy atom. The van der Waals surface area contributed by atoms with Crippen LogP contribution in [0.4, 0.5) is 10.5 Å². The quantitative estimate of drug-likeness (QED) is 0.777. The Bertz CT molecular complexity index is 881. The predicted octanol–water partition coefficient (Wildman–Crippen LogP) is 2.06. The molecule has 1 saturated heterocycles. The molecule has 0 saturated carbocycles. The van der Waals surface area contributed by atoms with Gasteiger partial charge in [0.15, 0.2) is 0 Å². The Balaban J connectivity index is 1.85. The normalized spacial score (nSPS) is 16.4. The number of rotatable bonds is 3. The Hall–Kier alpha value is -3.35. The van der Waals surface area contributed by atoms with Gasteiger partial charge in [0.2, 0.25) is 5.91 Å². The van der Waals surface area contributed by atoms with Crippen LogP contribution in [-0.2, 0) is 4.79 Å². The summed E-state index contributed by atoms with van der Waals surface area (Å²) in [5, 5.41) is 8.17. The van der Waals surface area contributed by atoms with Crippen LogP contribution in [0.1, 0.15) is 27.5 Å². The third-order valence-electron chi connectivity index (χ3n) is 4.56. The highest BCUT2D eigenvalue weighted by atomic mass is 16.2. The van der Waals surface area contributed by atoms with Crippen molar-refractivity contribution in [1.82, 2.24) is 15.5 Å². The predicted molar refractivity (Wildman–Crippen MR) is 102 cm³/mol. The minimum absolute atomic E-state index is 0.204. The Morgan fingerprint density at radius 2 is 1.93 bits per heavy atom. The van der Waals surface area contributed by atoms with E-state index in [9.17, 15) is 14.4 Å². The van der Waals surface area contributed by atoms with E-state index in [1.54, 1.807) is 31.3 Å². The molecule has 27 heavy (non-hydrogen) atoms. The van der Waals surface area contributed by atoms with E-state index >= 15 is 0 Å². The molecule has 1 fully saturated rings. The summed E-state index contributed by atoms with van der Waals surface area (Å²) in [6.45, 7) is 2.71. The van der Waals surface area contributed by atoms with Crippen LogP contribution in [-0.4, -0.2) is 42.9 Å². The number of piperazine rings is 1. The second kappa shape index (κ2) is 7.90. The van der Waals surface area contributed by atoms with Crippen LogP contribution >= 0.6 is 0 Å². The second-order valence-electron chi connectivity index (χ2n) is 6.33. The van der Waals surface area contributed by atoms with Gasteiger partial charge in [-0.1, -0.05) is 30.3 Å². The molecule has 1 unspecified atom stereocenters. The summed E-state index contributed by atoms with van der Waals surface area (Å²) in [5.74, 6) is -0.439. The molecule has 1 atom stereocenters. The van der Waals surface area contributed by atoms with Gasteiger partial charge in [-0.05, 0) is 36.2 Å². The van der Waals surface area contributed by atoms with Crippen molar-refractivity contribution in [3.05, 3.63) is 65.2 Å². The number of benzene rings is 2. The van der Waals surface area contributed by atoms with Crippen LogP contribution in [0.3, 0.4) is 0 Å². The molecule has 1 aliphatic rings. The maximum absolute atomic E-state index is 12.9. The third-order valence-corrected chi connectivity index (χ3v) is 4.56. The highest BCUT2D eigenvalue weighted by molar-refractivity contribution is 5.98. The number of carbonyl (C=O) groups excluding carboxylic acids is 3. The minimum Gasteiger partial charge on any atom is -0.355 e. The molecule has 1 heterocycles. The zero-order valence-electron chi connectivity index (χ0n) is 15.3. The molecule has 0 spiro atoms. The van der Waals surface area contributed by atoms with Crippen LogP contribution < -0.4 is 16.0 Å². The highest BCUT2D eigenvalue weighted by Crippen LogP contribution is 2.27. The van der Waals surface area contributed by atoms with E-state index < -0.39 is 6.04 Å². The van der Waals surface area contributed by atoms with Crippen molar-refractivity contribution in [2.24, 2.45) is 0 Å². The van der Waals surface area contributed by atoms with Gasteiger partial charge in [0, 0.05) is 31.4 Å². The van der Waals surface area contributed by atoms with Gasteiger partial charge in [-0.15, -0.1) is 0 Å². The lowest BCUT2D eigenvalue weighted by Crippen LogP contribution is -2.53. The number of carbonyl (C=O) groups is 3. The van der Waals surface area contributed by atoms with Crippen LogP contribution in [0.5, 0.6) is 0 Å². The molecule has 3 N–H and O–H groups in total. The fraction of sp³-hybridized carbons (Fsp3) is 0.250. The number of amides is 4. The van der Waals surface area contributed by atoms with Crippen molar-refractivity contribution in [2.45, 2.75) is 13.0 Å². The largest absolute Gasteiger partial charge is 0.355 e. The monoisotopic (exact) mass is 366 g/mol. The van der Waals surface area contributed by atoms with E-state index in [1.165, 1.54) is 4.90 Å². The summed E-state index contributed by atoms with van der Waals surface area (Å²) in [6, 6.07) is 13.1. The van der Waals surface area contributed by atoms with Crippen LogP contribution in [0.25, 0.3) is 0 Å². The molecular formula is C20H22N4O3. The molecule has 0 aromatic heterocycles. The van der Waals surface area contributed by atoms with E-state index in [4.69, 9.17) is 0 Å². The first-order chi connectivity index (χ1) is 13.0. The smallest absolute Gasteiger partial charge is 0.322 e. The first-order valence-electron chi connectivity index (χ1n) is 8.74. The van der Waals surface area contributed by atoms with Gasteiger partial charge in [-0.3, -0.25) is 9.59 Å². The summed E-state index contributed by atoms with van der Waals surface area (Å²) >= 11 is 0. The molecule has 0 radical (unpaired) electrons. The van der Waals surface area contributed by atoms with Crippen molar-refractivity contribution in [3.63, 3.8) is 0 Å². The summed E-state index contributed by atoms with van der Waals surface area (Å²) < 4.78 is 0. The fourth-order valence-corrected chi connectivity index (χ4v) is 3.17. The molecule has 0 bridgehead atoms. The standard InChI is InChI=1S/C20H22N4O3/c1-13-6-3-4-9-16(13)17-19(26)22-10-11-24(17)20(27)23-15-8-5-7-14(12-15)18(25)21-2/h3-9,12,17H,10-11H2,1-2H3,(H,21,25)(H,22,26)(H,23,27). The van der Waals surface area contributed by atoms with E-state index in [-0.39, 0.29) is 17.8 Å². The molecule has 1 aliphatic heterocycles. The average Bonchev–Trinajstić information content (AvgIpc) is 2.68. The van der Waals surface area contributed by atoms with Crippen molar-refractivity contribution in [3.8, 4) is 0 Å². The van der Waals surface area contributed by atoms with Crippen LogP contribution in [0.2, 0.25) is 0 Å². The fourth-order valence-electron chi connectivity index (χ4n) is 3.17. The number of nitrogens with zero attached hydrogens (tertiary/aromatic N) is 1. The van der Waals surface area contributed by atoms with Gasteiger partial charge >= 0.3 is 6.03 Å². The Labute approximate surface area is 157 Å². The first-order valence-corrected chi connectivity index (χ1v) is 8.74. The lowest BCUT2D eigenvalue weighted by Gasteiger charge is -2.35. The van der Waals surface area contributed by atoms with Crippen molar-refractivity contribution in [2.75, 3.05) is 25.5 Å². The molecule has 140 valence electrons. The number of hydrogen-bond acceptors (Lipinski definition) is 3. The second-order valence-corrected chi connectivity index (χ2v) is 6.33. The summed E-state index contributed by atoms with van der Waals surface area (Å²) in [6.07, 6.45) is 0. The molecule has 7 nitrogen and oxygen atoms in total. The van der Waals surface area contributed by atoms with Crippen LogP contribution in [0, 0.1) is 6.92 Å². The number of anilines is 1. The zero-order chi connectivity index (χ0) is 19.4. The number of nitrogens with one attached hydrogen (secondary N) is 3. The van der Waals surface area contributed by atoms with E-state index in [0.29, 0.717) is 24.3 Å². The highest BCUT2D eigenvalue weighted by Gasteiger charge is 2.35. The van der Waals surface area contributed by atoms with Crippen molar-refractivity contribution < 1.29 is 14.4 Å². The van der Waals surface area contributed by atoms with Gasteiger partial charge in [0.1, 0.15) is 6.04 Å². The van der Waals surface area contributed by atoms with Crippen LogP contribution in [0.15, 0.2) is 48.5 Å². The van der Waals surface area contributed by atoms with E-state index in [0.717, 1.165) is 11.1 Å². The summed E-state index contributed by atoms with van der Waals surface area (Å²) in [7, 11) is 1.55. The maximum Gasteiger partial charge on any atom is 0.322 e. The molecule has 3 rings (SSSR count). The van der Waals surface area contributed by atoms with Crippen molar-refractivity contribution in [1.29, 1.82) is 0 Å². The van der Waals surface area contributed by atoms with Gasteiger partial charge in [0.05, 0.1) is 0 Å². The Morgan fingerprint density at radius 1 is 1.15 bits per heavy atom. The molecule has 0 aliphatic carbocycles. The lowest BCUT2D eigenvalue weighted by molar-refractivity contribution is -0.127. The SMILES string of the molecule is CNC(=O)c1cccc(NC(=O)N2CCNC(=O)C2c2ccccc2C)c1. The van der Waals surface area contributed by atoms with Gasteiger partial charge in [0.25, 0.3) is 5.91 Å². The molecule has 7 heteroatoms. The average molecular weight is 366 g/mol. The van der Waals surface area contributed by atoms with Gasteiger partial charge < -0.3 is 20.9 Å². The first kappa shape index (κ1) is 18.4. The maximum atomic E-state index is 12.9. The third kappa shape index (κ3) is 3.92.